The van der Waals surface area contributed by atoms with Gasteiger partial charge in [-0.05, 0) is 30.6 Å². The Morgan fingerprint density at radius 1 is 1.29 bits per heavy atom. The Balaban J connectivity index is 1.85. The van der Waals surface area contributed by atoms with Gasteiger partial charge in [0.2, 0.25) is 17.9 Å². The second-order valence-corrected chi connectivity index (χ2v) is 16.9. The lowest BCUT2D eigenvalue weighted by Gasteiger charge is -2.37. The summed E-state index contributed by atoms with van der Waals surface area (Å²) in [4.78, 5) is 23.0. The van der Waals surface area contributed by atoms with Crippen molar-refractivity contribution in [3.63, 3.8) is 0 Å². The van der Waals surface area contributed by atoms with Crippen LogP contribution in [0.4, 0.5) is 16.4 Å². The maximum atomic E-state index is 13.4. The first kappa shape index (κ1) is 31.0. The molecule has 4 heterocycles. The van der Waals surface area contributed by atoms with E-state index in [0.717, 1.165) is 11.1 Å². The largest absolute Gasteiger partial charge is 0.486 e. The summed E-state index contributed by atoms with van der Waals surface area (Å²) in [5, 5.41) is 9.75. The molecule has 2 aromatic rings. The number of pyridine rings is 2. The fourth-order valence-electron chi connectivity index (χ4n) is 5.00. The van der Waals surface area contributed by atoms with Crippen LogP contribution < -0.4 is 15.0 Å². The number of carbonyl (C=O) groups is 1. The maximum Gasteiger partial charge on any atom is 0.426 e. The van der Waals surface area contributed by atoms with E-state index in [1.807, 2.05) is 6.07 Å². The normalized spacial score (nSPS) is 21.0. The number of nitriles is 1. The molecule has 2 atom stereocenters. The van der Waals surface area contributed by atoms with Crippen molar-refractivity contribution in [3.8, 4) is 11.8 Å². The van der Waals surface area contributed by atoms with Crippen molar-refractivity contribution >= 4 is 26.0 Å². The number of hydrogen-bond donors (Lipinski definition) is 1. The summed E-state index contributed by atoms with van der Waals surface area (Å²) in [5.74, 6) is 1.13. The van der Waals surface area contributed by atoms with E-state index in [1.54, 1.807) is 20.3 Å². The number of amides is 2. The predicted molar refractivity (Wildman–Crippen MR) is 156 cm³/mol. The van der Waals surface area contributed by atoms with Crippen LogP contribution in [-0.4, -0.2) is 64.4 Å². The van der Waals surface area contributed by atoms with Crippen LogP contribution in [0.2, 0.25) is 18.1 Å². The highest BCUT2D eigenvalue weighted by Crippen LogP contribution is 2.43. The fraction of sp³-hybridized carbons (Fsp3) is 0.586. The molecule has 0 saturated carbocycles. The molecule has 12 heteroatoms. The molecule has 0 bridgehead atoms. The summed E-state index contributed by atoms with van der Waals surface area (Å²) in [7, 11) is 1.01. The number of aryl methyl sites for hydroxylation is 1. The van der Waals surface area contributed by atoms with Gasteiger partial charge in [0.25, 0.3) is 0 Å². The second kappa shape index (κ2) is 12.1. The number of nitrogens with two attached hydrogens (primary N) is 1. The number of carbonyl (C=O) groups excluding carboxylic acids is 1. The average Bonchev–Trinajstić information content (AvgIpc) is 3.44. The summed E-state index contributed by atoms with van der Waals surface area (Å²) in [6.07, 6.45) is 2.53. The third kappa shape index (κ3) is 6.02. The van der Waals surface area contributed by atoms with Crippen molar-refractivity contribution in [2.45, 2.75) is 77.2 Å². The molecule has 1 unspecified atom stereocenters. The van der Waals surface area contributed by atoms with Gasteiger partial charge in [-0.2, -0.15) is 10.2 Å². The van der Waals surface area contributed by atoms with Crippen LogP contribution >= 0.6 is 0 Å². The van der Waals surface area contributed by atoms with Gasteiger partial charge < -0.3 is 29.1 Å². The number of primary amides is 1. The van der Waals surface area contributed by atoms with Gasteiger partial charge in [-0.3, -0.25) is 0 Å². The first-order valence-electron chi connectivity index (χ1n) is 13.9. The molecule has 0 radical (unpaired) electrons. The zero-order valence-corrected chi connectivity index (χ0v) is 26.2. The van der Waals surface area contributed by atoms with Crippen LogP contribution in [0, 0.1) is 11.3 Å². The molecule has 2 aliphatic heterocycles. The summed E-state index contributed by atoms with van der Waals surface area (Å²) >= 11 is 0. The number of nitrogens with zero attached hydrogens (tertiary/aromatic N) is 4. The lowest BCUT2D eigenvalue weighted by Crippen LogP contribution is -2.56. The first-order chi connectivity index (χ1) is 19.4. The lowest BCUT2D eigenvalue weighted by molar-refractivity contribution is -0.109. The van der Waals surface area contributed by atoms with Gasteiger partial charge in [0.1, 0.15) is 35.7 Å². The number of rotatable bonds is 9. The number of fused-ring (bicyclic) bond motifs is 1. The van der Waals surface area contributed by atoms with Crippen LogP contribution in [0.25, 0.3) is 0 Å². The van der Waals surface area contributed by atoms with Gasteiger partial charge >= 0.3 is 6.03 Å². The molecular weight excluding hydrogens is 542 g/mol. The van der Waals surface area contributed by atoms with Crippen molar-refractivity contribution in [3.05, 3.63) is 40.7 Å². The van der Waals surface area contributed by atoms with Crippen LogP contribution in [0.15, 0.2) is 18.3 Å². The van der Waals surface area contributed by atoms with E-state index in [9.17, 15) is 10.1 Å². The average molecular weight is 585 g/mol. The lowest BCUT2D eigenvalue weighted by atomic mass is 9.99. The van der Waals surface area contributed by atoms with E-state index in [2.05, 4.69) is 44.9 Å². The van der Waals surface area contributed by atoms with E-state index in [0.29, 0.717) is 68.7 Å². The van der Waals surface area contributed by atoms with Crippen molar-refractivity contribution in [1.82, 2.24) is 14.5 Å². The first-order valence-corrected chi connectivity index (χ1v) is 16.8. The van der Waals surface area contributed by atoms with Gasteiger partial charge in [-0.15, -0.1) is 4.48 Å². The van der Waals surface area contributed by atoms with Crippen LogP contribution in [-0.2, 0) is 31.7 Å². The third-order valence-electron chi connectivity index (χ3n) is 8.46. The molecule has 2 aliphatic rings. The molecule has 11 nitrogen and oxygen atoms in total. The number of quaternary nitrogens is 1. The number of aromatic nitrogens is 2. The Morgan fingerprint density at radius 2 is 2.02 bits per heavy atom. The molecule has 2 amide bonds. The summed E-state index contributed by atoms with van der Waals surface area (Å²) in [6, 6.07) is 5.17. The molecule has 4 rings (SSSR count). The fourth-order valence-corrected chi connectivity index (χ4v) is 5.95. The highest BCUT2D eigenvalue weighted by Gasteiger charge is 2.48. The molecule has 222 valence electrons. The van der Waals surface area contributed by atoms with E-state index in [-0.39, 0.29) is 16.7 Å². The summed E-state index contributed by atoms with van der Waals surface area (Å²) in [5.41, 5.74) is 8.67. The van der Waals surface area contributed by atoms with Crippen LogP contribution in [0.1, 0.15) is 62.3 Å². The minimum atomic E-state index is -2.08. The van der Waals surface area contributed by atoms with Gasteiger partial charge in [-0.1, -0.05) is 20.8 Å². The predicted octanol–water partition coefficient (Wildman–Crippen LogP) is 4.99. The molecule has 41 heavy (non-hydrogen) atoms. The molecule has 1 saturated heterocycles. The molecule has 2 N–H and O–H groups in total. The van der Waals surface area contributed by atoms with Gasteiger partial charge in [0.15, 0.2) is 8.32 Å². The molecule has 0 aliphatic carbocycles. The molecule has 0 spiro atoms. The Hall–Kier alpha value is -2.92. The topological polar surface area (TPSA) is 139 Å². The standard InChI is InChI=1S/C29H41N5O6Si/c1-29(2,3)41(6,7)39-17-20-13-19-9-8-11-34(28(31)35,26(19)33-25(20)27(36-4)37-5)24-14-23(21(15-30)16-32-24)40-22-10-12-38-18-22/h13-14,16,22,27H,8-12,17-18H2,1-7H3,(H-,31,35)/p+1/t22?,34-/m0/s1. The zero-order chi connectivity index (χ0) is 30.0. The Morgan fingerprint density at radius 3 is 2.61 bits per heavy atom. The van der Waals surface area contributed by atoms with Crippen molar-refractivity contribution in [2.24, 2.45) is 5.73 Å². The van der Waals surface area contributed by atoms with E-state index < -0.39 is 25.1 Å². The Bertz CT molecular complexity index is 1310. The van der Waals surface area contributed by atoms with Crippen LogP contribution in [0.5, 0.6) is 5.75 Å². The smallest absolute Gasteiger partial charge is 0.426 e. The molecule has 2 aromatic heterocycles. The van der Waals surface area contributed by atoms with Gasteiger partial charge in [0, 0.05) is 38.2 Å². The Kier molecular flexibility index (Phi) is 9.18. The number of methoxy groups -OCH3 is 2. The maximum absolute atomic E-state index is 13.4. The van der Waals surface area contributed by atoms with E-state index in [4.69, 9.17) is 34.1 Å². The van der Waals surface area contributed by atoms with Crippen molar-refractivity contribution < 1.29 is 28.2 Å². The molecule has 0 aromatic carbocycles. The second-order valence-electron chi connectivity index (χ2n) is 12.1. The molecule has 1 fully saturated rings. The third-order valence-corrected chi connectivity index (χ3v) is 12.9. The van der Waals surface area contributed by atoms with Gasteiger partial charge in [0.05, 0.1) is 32.1 Å². The van der Waals surface area contributed by atoms with E-state index in [1.165, 1.54) is 6.20 Å². The highest BCUT2D eigenvalue weighted by atomic mass is 28.4. The number of hydrogen-bond acceptors (Lipinski definition) is 9. The monoisotopic (exact) mass is 584 g/mol. The minimum Gasteiger partial charge on any atom is -0.486 e. The SMILES string of the molecule is COC(OC)c1nc2c(cc1CO[Si](C)(C)C(C)(C)C)CCC[N@+]2(C(N)=O)c1cc(OC2CCOC2)c(C#N)cn1. The number of urea groups is 1. The summed E-state index contributed by atoms with van der Waals surface area (Å²) < 4.78 is 29.0. The molecular formula is C29H42N5O6Si+. The highest BCUT2D eigenvalue weighted by molar-refractivity contribution is 6.74. The van der Waals surface area contributed by atoms with Crippen molar-refractivity contribution in [2.75, 3.05) is 34.0 Å². The quantitative estimate of drug-likeness (QED) is 0.245. The summed E-state index contributed by atoms with van der Waals surface area (Å²) in [6.45, 7) is 12.7. The van der Waals surface area contributed by atoms with E-state index >= 15 is 0 Å². The zero-order valence-electron chi connectivity index (χ0n) is 25.2. The van der Waals surface area contributed by atoms with Gasteiger partial charge in [-0.25, -0.2) is 9.78 Å². The van der Waals surface area contributed by atoms with Crippen molar-refractivity contribution in [1.29, 1.82) is 5.26 Å². The minimum absolute atomic E-state index is 0.0282. The Labute approximate surface area is 243 Å². The van der Waals surface area contributed by atoms with Crippen LogP contribution in [0.3, 0.4) is 0 Å². The number of ether oxygens (including phenoxy) is 4.